The van der Waals surface area contributed by atoms with Gasteiger partial charge in [0.15, 0.2) is 0 Å². The first-order valence-corrected chi connectivity index (χ1v) is 12.8. The van der Waals surface area contributed by atoms with E-state index in [2.05, 4.69) is 15.1 Å². The Balaban J connectivity index is 1.22. The zero-order chi connectivity index (χ0) is 24.3. The zero-order valence-corrected chi connectivity index (χ0v) is 20.9. The summed E-state index contributed by atoms with van der Waals surface area (Å²) >= 11 is 0. The highest BCUT2D eigenvalue weighted by Gasteiger charge is 2.43. The number of ether oxygens (including phenoxy) is 1. The Labute approximate surface area is 203 Å². The molecule has 0 bridgehead atoms. The standard InChI is InChI=1S/C27H39FN4O2/c1-26(2,3)34-25(33)32-16-8-20(9-17-32)19-31-14-10-21(11-15-31)23-7-6-22(18-24(23)28)30-27(29-4)12-5-13-27/h6-7,18,20-21,30H,5,8-17,19H2,1-3H3. The molecule has 1 aliphatic carbocycles. The summed E-state index contributed by atoms with van der Waals surface area (Å²) in [6, 6.07) is 5.43. The summed E-state index contributed by atoms with van der Waals surface area (Å²) in [5.41, 5.74) is 0.543. The van der Waals surface area contributed by atoms with E-state index in [0.29, 0.717) is 11.6 Å². The van der Waals surface area contributed by atoms with Crippen LogP contribution in [-0.2, 0) is 4.74 Å². The van der Waals surface area contributed by atoms with Crippen molar-refractivity contribution in [1.29, 1.82) is 0 Å². The lowest BCUT2D eigenvalue weighted by Gasteiger charge is -2.38. The van der Waals surface area contributed by atoms with E-state index in [1.54, 1.807) is 6.07 Å². The summed E-state index contributed by atoms with van der Waals surface area (Å²) in [4.78, 5) is 20.3. The second-order valence-electron chi connectivity index (χ2n) is 11.3. The van der Waals surface area contributed by atoms with Crippen LogP contribution in [0, 0.1) is 18.3 Å². The van der Waals surface area contributed by atoms with Gasteiger partial charge in [0.05, 0.1) is 0 Å². The van der Waals surface area contributed by atoms with Gasteiger partial charge in [0.2, 0.25) is 0 Å². The van der Waals surface area contributed by atoms with E-state index in [0.717, 1.165) is 83.2 Å². The first-order valence-electron chi connectivity index (χ1n) is 12.8. The maximum Gasteiger partial charge on any atom is 0.410 e. The van der Waals surface area contributed by atoms with Gasteiger partial charge in [-0.3, -0.25) is 4.85 Å². The van der Waals surface area contributed by atoms with Crippen molar-refractivity contribution in [3.63, 3.8) is 0 Å². The molecule has 186 valence electrons. The van der Waals surface area contributed by atoms with Crippen molar-refractivity contribution in [3.05, 3.63) is 41.0 Å². The smallest absolute Gasteiger partial charge is 0.410 e. The van der Waals surface area contributed by atoms with Gasteiger partial charge >= 0.3 is 11.8 Å². The minimum atomic E-state index is -0.525. The molecule has 0 spiro atoms. The van der Waals surface area contributed by atoms with Crippen molar-refractivity contribution < 1.29 is 13.9 Å². The molecule has 1 N–H and O–H groups in total. The largest absolute Gasteiger partial charge is 0.444 e. The van der Waals surface area contributed by atoms with Crippen LogP contribution in [0.3, 0.4) is 0 Å². The van der Waals surface area contributed by atoms with Crippen molar-refractivity contribution in [3.8, 4) is 0 Å². The average molecular weight is 471 g/mol. The molecule has 7 heteroatoms. The molecular formula is C27H39FN4O2. The highest BCUT2D eigenvalue weighted by molar-refractivity contribution is 5.68. The third kappa shape index (κ3) is 6.02. The highest BCUT2D eigenvalue weighted by Crippen LogP contribution is 2.38. The summed E-state index contributed by atoms with van der Waals surface area (Å²) in [6.07, 6.45) is 6.46. The molecule has 2 aliphatic heterocycles. The molecule has 0 radical (unpaired) electrons. The fourth-order valence-corrected chi connectivity index (χ4v) is 5.40. The van der Waals surface area contributed by atoms with E-state index in [9.17, 15) is 9.18 Å². The Morgan fingerprint density at radius 1 is 1.18 bits per heavy atom. The molecular weight excluding hydrogens is 431 g/mol. The van der Waals surface area contributed by atoms with Crippen LogP contribution in [0.25, 0.3) is 4.85 Å². The summed E-state index contributed by atoms with van der Waals surface area (Å²) in [6.45, 7) is 17.7. The van der Waals surface area contributed by atoms with Crippen LogP contribution >= 0.6 is 0 Å². The number of rotatable bonds is 5. The highest BCUT2D eigenvalue weighted by atomic mass is 19.1. The van der Waals surface area contributed by atoms with Crippen LogP contribution in [-0.4, -0.2) is 59.9 Å². The second-order valence-corrected chi connectivity index (χ2v) is 11.3. The fraction of sp³-hybridized carbons (Fsp3) is 0.704. The van der Waals surface area contributed by atoms with E-state index in [1.165, 1.54) is 0 Å². The lowest BCUT2D eigenvalue weighted by molar-refractivity contribution is 0.0165. The summed E-state index contributed by atoms with van der Waals surface area (Å²) < 4.78 is 20.4. The third-order valence-corrected chi connectivity index (χ3v) is 7.58. The number of amides is 1. The Morgan fingerprint density at radius 3 is 2.38 bits per heavy atom. The van der Waals surface area contributed by atoms with Crippen LogP contribution < -0.4 is 5.32 Å². The van der Waals surface area contributed by atoms with E-state index < -0.39 is 11.3 Å². The molecule has 4 rings (SSSR count). The number of carbonyl (C=O) groups excluding carboxylic acids is 1. The molecule has 2 saturated heterocycles. The Morgan fingerprint density at radius 2 is 1.85 bits per heavy atom. The Hall–Kier alpha value is -2.33. The molecule has 3 aliphatic rings. The van der Waals surface area contributed by atoms with E-state index >= 15 is 0 Å². The lowest BCUT2D eigenvalue weighted by Crippen LogP contribution is -2.44. The SMILES string of the molecule is [C-]#[N+]C1(Nc2ccc(C3CCN(CC4CCN(C(=O)OC(C)(C)C)CC4)CC3)c(F)c2)CCC1. The molecule has 1 aromatic carbocycles. The number of anilines is 1. The lowest BCUT2D eigenvalue weighted by atomic mass is 9.85. The van der Waals surface area contributed by atoms with Gasteiger partial charge in [-0.05, 0) is 95.5 Å². The first kappa shape index (κ1) is 24.8. The number of hydrogen-bond donors (Lipinski definition) is 1. The number of nitrogens with zero attached hydrogens (tertiary/aromatic N) is 3. The van der Waals surface area contributed by atoms with Crippen molar-refractivity contribution >= 4 is 11.8 Å². The molecule has 1 amide bonds. The second kappa shape index (κ2) is 10.1. The maximum atomic E-state index is 14.9. The summed E-state index contributed by atoms with van der Waals surface area (Å²) in [5, 5.41) is 3.25. The average Bonchev–Trinajstić information content (AvgIpc) is 2.76. The van der Waals surface area contributed by atoms with Crippen molar-refractivity contribution in [2.75, 3.05) is 38.0 Å². The van der Waals surface area contributed by atoms with Gasteiger partial charge in [-0.15, -0.1) is 0 Å². The number of piperidine rings is 2. The van der Waals surface area contributed by atoms with Crippen LogP contribution in [0.4, 0.5) is 14.9 Å². The molecule has 1 aromatic rings. The topological polar surface area (TPSA) is 49.2 Å². The van der Waals surface area contributed by atoms with Gasteiger partial charge in [0.25, 0.3) is 0 Å². The Kier molecular flexibility index (Phi) is 7.37. The minimum absolute atomic E-state index is 0.155. The van der Waals surface area contributed by atoms with Gasteiger partial charge in [-0.25, -0.2) is 15.8 Å². The Bertz CT molecular complexity index is 902. The van der Waals surface area contributed by atoms with Gasteiger partial charge < -0.3 is 19.9 Å². The number of halogens is 1. The first-order chi connectivity index (χ1) is 16.2. The number of nitrogens with one attached hydrogen (secondary N) is 1. The molecule has 0 atom stereocenters. The zero-order valence-electron chi connectivity index (χ0n) is 20.9. The van der Waals surface area contributed by atoms with Gasteiger partial charge in [-0.2, -0.15) is 0 Å². The maximum absolute atomic E-state index is 14.9. The summed E-state index contributed by atoms with van der Waals surface area (Å²) in [7, 11) is 0. The van der Waals surface area contributed by atoms with E-state index in [1.807, 2.05) is 37.8 Å². The van der Waals surface area contributed by atoms with Crippen LogP contribution in [0.2, 0.25) is 0 Å². The van der Waals surface area contributed by atoms with Gasteiger partial charge in [0, 0.05) is 38.2 Å². The molecule has 0 aromatic heterocycles. The molecule has 0 unspecified atom stereocenters. The van der Waals surface area contributed by atoms with Crippen LogP contribution in [0.15, 0.2) is 18.2 Å². The summed E-state index contributed by atoms with van der Waals surface area (Å²) in [5.74, 6) is 0.689. The molecule has 3 fully saturated rings. The number of benzene rings is 1. The quantitative estimate of drug-likeness (QED) is 0.548. The fourth-order valence-electron chi connectivity index (χ4n) is 5.40. The molecule has 1 saturated carbocycles. The minimum Gasteiger partial charge on any atom is -0.444 e. The van der Waals surface area contributed by atoms with Crippen LogP contribution in [0.5, 0.6) is 0 Å². The third-order valence-electron chi connectivity index (χ3n) is 7.58. The number of likely N-dealkylation sites (tertiary alicyclic amines) is 2. The molecule has 2 heterocycles. The van der Waals surface area contributed by atoms with Crippen molar-refractivity contribution in [1.82, 2.24) is 9.80 Å². The predicted octanol–water partition coefficient (Wildman–Crippen LogP) is 5.86. The molecule has 6 nitrogen and oxygen atoms in total. The monoisotopic (exact) mass is 470 g/mol. The van der Waals surface area contributed by atoms with Gasteiger partial charge in [0.1, 0.15) is 11.4 Å². The van der Waals surface area contributed by atoms with Gasteiger partial charge in [-0.1, -0.05) is 6.07 Å². The number of hydrogen-bond acceptors (Lipinski definition) is 4. The van der Waals surface area contributed by atoms with Crippen LogP contribution in [0.1, 0.15) is 77.2 Å². The predicted molar refractivity (Wildman–Crippen MR) is 132 cm³/mol. The van der Waals surface area contributed by atoms with Crippen molar-refractivity contribution in [2.45, 2.75) is 82.9 Å². The van der Waals surface area contributed by atoms with Crippen molar-refractivity contribution in [2.24, 2.45) is 5.92 Å². The number of carbonyl (C=O) groups is 1. The normalized spacial score (nSPS) is 22.0. The molecule has 34 heavy (non-hydrogen) atoms. The van der Waals surface area contributed by atoms with E-state index in [-0.39, 0.29) is 17.8 Å². The van der Waals surface area contributed by atoms with E-state index in [4.69, 9.17) is 11.3 Å².